The first kappa shape index (κ1) is 35.6. The van der Waals surface area contributed by atoms with Crippen molar-refractivity contribution in [2.75, 3.05) is 6.61 Å². The molecule has 0 aromatic heterocycles. The fraction of sp³-hybridized carbons (Fsp3) is 0.657. The Morgan fingerprint density at radius 3 is 1.79 bits per heavy atom. The molecule has 2 atom stereocenters. The van der Waals surface area contributed by atoms with Gasteiger partial charge in [-0.15, -0.1) is 6.42 Å². The number of hydrogen-bond donors (Lipinski definition) is 3. The monoisotopic (exact) mass is 520 g/mol. The van der Waals surface area contributed by atoms with E-state index >= 15 is 0 Å². The van der Waals surface area contributed by atoms with Crippen molar-refractivity contribution in [2.45, 2.75) is 141 Å². The second-order valence-corrected chi connectivity index (χ2v) is 9.78. The summed E-state index contributed by atoms with van der Waals surface area (Å²) >= 11 is 0. The molecule has 0 bridgehead atoms. The highest BCUT2D eigenvalue weighted by molar-refractivity contribution is 5.27. The molecule has 0 unspecified atom stereocenters. The van der Waals surface area contributed by atoms with Crippen LogP contribution < -0.4 is 0 Å². The lowest BCUT2D eigenvalue weighted by Crippen LogP contribution is -2.01. The second-order valence-electron chi connectivity index (χ2n) is 9.78. The zero-order valence-electron chi connectivity index (χ0n) is 23.7. The van der Waals surface area contributed by atoms with Crippen LogP contribution in [0.25, 0.3) is 0 Å². The van der Waals surface area contributed by atoms with E-state index in [2.05, 4.69) is 47.5 Å². The van der Waals surface area contributed by atoms with Crippen molar-refractivity contribution in [3.05, 3.63) is 24.3 Å². The van der Waals surface area contributed by atoms with Gasteiger partial charge in [0.05, 0.1) is 0 Å². The van der Waals surface area contributed by atoms with Gasteiger partial charge in [0.15, 0.2) is 0 Å². The van der Waals surface area contributed by atoms with E-state index in [-0.39, 0.29) is 6.61 Å². The molecule has 0 aliphatic carbocycles. The van der Waals surface area contributed by atoms with Crippen molar-refractivity contribution in [3.63, 3.8) is 0 Å². The van der Waals surface area contributed by atoms with E-state index in [9.17, 15) is 10.2 Å². The molecule has 0 radical (unpaired) electrons. The Kier molecular flexibility index (Phi) is 28.9. The van der Waals surface area contributed by atoms with Gasteiger partial charge in [-0.05, 0) is 68.9 Å². The average molecular weight is 521 g/mol. The van der Waals surface area contributed by atoms with Crippen LogP contribution in [0.4, 0.5) is 0 Å². The fourth-order valence-electron chi connectivity index (χ4n) is 4.03. The van der Waals surface area contributed by atoms with Crippen LogP contribution in [-0.4, -0.2) is 34.1 Å². The van der Waals surface area contributed by atoms with Crippen LogP contribution in [0, 0.1) is 47.9 Å². The highest BCUT2D eigenvalue weighted by atomic mass is 16.3. The molecule has 0 heterocycles. The van der Waals surface area contributed by atoms with Gasteiger partial charge in [0.2, 0.25) is 0 Å². The van der Waals surface area contributed by atoms with E-state index < -0.39 is 12.2 Å². The van der Waals surface area contributed by atoms with Crippen LogP contribution in [0.3, 0.4) is 0 Å². The van der Waals surface area contributed by atoms with Crippen LogP contribution in [0.1, 0.15) is 128 Å². The van der Waals surface area contributed by atoms with Gasteiger partial charge in [0, 0.05) is 6.42 Å². The van der Waals surface area contributed by atoms with Crippen molar-refractivity contribution in [3.8, 4) is 47.9 Å². The van der Waals surface area contributed by atoms with Crippen LogP contribution >= 0.6 is 0 Å². The van der Waals surface area contributed by atoms with E-state index in [0.717, 1.165) is 38.5 Å². The van der Waals surface area contributed by atoms with Crippen molar-refractivity contribution in [1.29, 1.82) is 0 Å². The van der Waals surface area contributed by atoms with Gasteiger partial charge in [-0.2, -0.15) is 0 Å². The van der Waals surface area contributed by atoms with Crippen molar-refractivity contribution in [1.82, 2.24) is 0 Å². The van der Waals surface area contributed by atoms with Crippen LogP contribution in [-0.2, 0) is 0 Å². The fourth-order valence-corrected chi connectivity index (χ4v) is 4.03. The van der Waals surface area contributed by atoms with Crippen molar-refractivity contribution in [2.24, 2.45) is 0 Å². The molecule has 0 saturated carbocycles. The molecule has 0 aromatic rings. The maximum atomic E-state index is 9.72. The predicted molar refractivity (Wildman–Crippen MR) is 162 cm³/mol. The summed E-state index contributed by atoms with van der Waals surface area (Å²) < 4.78 is 0. The highest BCUT2D eigenvalue weighted by Crippen LogP contribution is 2.13. The molecular weight excluding hydrogens is 468 g/mol. The molecule has 0 rings (SSSR count). The predicted octanol–water partition coefficient (Wildman–Crippen LogP) is 7.26. The van der Waals surface area contributed by atoms with E-state index in [4.69, 9.17) is 11.5 Å². The molecule has 3 heteroatoms. The molecule has 0 aliphatic rings. The lowest BCUT2D eigenvalue weighted by molar-refractivity contribution is 0.217. The van der Waals surface area contributed by atoms with Gasteiger partial charge in [-0.3, -0.25) is 0 Å². The zero-order valence-corrected chi connectivity index (χ0v) is 23.7. The minimum atomic E-state index is -0.739. The first-order valence-electron chi connectivity index (χ1n) is 14.9. The number of aliphatic hydroxyl groups excluding tert-OH is 3. The van der Waals surface area contributed by atoms with Gasteiger partial charge in [0.25, 0.3) is 0 Å². The Morgan fingerprint density at radius 1 is 0.632 bits per heavy atom. The number of rotatable bonds is 22. The van der Waals surface area contributed by atoms with Crippen molar-refractivity contribution < 1.29 is 15.3 Å². The van der Waals surface area contributed by atoms with E-state index in [1.54, 1.807) is 6.08 Å². The molecular formula is C35H52O3. The summed E-state index contributed by atoms with van der Waals surface area (Å²) in [6.07, 6.45) is 35.5. The molecule has 0 aromatic carbocycles. The van der Waals surface area contributed by atoms with Gasteiger partial charge in [-0.1, -0.05) is 119 Å². The molecule has 0 aliphatic heterocycles. The maximum absolute atomic E-state index is 9.72. The second kappa shape index (κ2) is 30.8. The molecule has 3 N–H and O–H groups in total. The number of unbranched alkanes of at least 4 members (excludes halogenated alkanes) is 17. The molecule has 0 amide bonds. The summed E-state index contributed by atoms with van der Waals surface area (Å²) in [5.74, 6) is 18.9. The van der Waals surface area contributed by atoms with E-state index in [1.807, 2.05) is 12.2 Å². The van der Waals surface area contributed by atoms with E-state index in [1.165, 1.54) is 83.5 Å². The summed E-state index contributed by atoms with van der Waals surface area (Å²) in [5, 5.41) is 27.5. The summed E-state index contributed by atoms with van der Waals surface area (Å²) in [6, 6.07) is 0. The quantitative estimate of drug-likeness (QED) is 0.0800. The number of aliphatic hydroxyl groups is 3. The molecule has 0 spiro atoms. The standard InChI is InChI=1S/C35H52O3/c1-2-34(37)30-26-23-21-19-17-15-13-11-9-7-5-3-4-6-8-10-12-14-16-18-20-22-24-27-31-35(38)32-28-25-29-33-36/h1,3,5,26,30,34-38H,4,6,8,10-24,27,31,33H2/t34-,35+/m1/s1. The van der Waals surface area contributed by atoms with E-state index in [0.29, 0.717) is 6.42 Å². The Labute approximate surface area is 234 Å². The first-order valence-corrected chi connectivity index (χ1v) is 14.9. The summed E-state index contributed by atoms with van der Waals surface area (Å²) in [5.41, 5.74) is 0. The van der Waals surface area contributed by atoms with Gasteiger partial charge >= 0.3 is 0 Å². The lowest BCUT2D eigenvalue weighted by atomic mass is 10.0. The summed E-state index contributed by atoms with van der Waals surface area (Å²) in [4.78, 5) is 0. The molecule has 38 heavy (non-hydrogen) atoms. The normalized spacial score (nSPS) is 12.2. The summed E-state index contributed by atoms with van der Waals surface area (Å²) in [6.45, 7) is -0.190. The highest BCUT2D eigenvalue weighted by Gasteiger charge is 1.99. The Bertz CT molecular complexity index is 813. The van der Waals surface area contributed by atoms with Crippen LogP contribution in [0.5, 0.6) is 0 Å². The third-order valence-corrected chi connectivity index (χ3v) is 6.28. The third kappa shape index (κ3) is 29.8. The Hall–Kier alpha value is -2.40. The SMILES string of the molecule is C#C[C@@H](O)C=CCCCCCCCC#CC=CCCCCCCCCCCCCC[C@H](O)C#CC#CCO. The lowest BCUT2D eigenvalue weighted by Gasteiger charge is -2.04. The summed E-state index contributed by atoms with van der Waals surface area (Å²) in [7, 11) is 0. The molecule has 3 nitrogen and oxygen atoms in total. The van der Waals surface area contributed by atoms with Crippen LogP contribution in [0.15, 0.2) is 24.3 Å². The van der Waals surface area contributed by atoms with Crippen molar-refractivity contribution >= 4 is 0 Å². The Morgan fingerprint density at radius 2 is 1.18 bits per heavy atom. The first-order chi connectivity index (χ1) is 18.7. The number of terminal acetylenes is 1. The van der Waals surface area contributed by atoms with Gasteiger partial charge in [0.1, 0.15) is 18.8 Å². The van der Waals surface area contributed by atoms with Gasteiger partial charge in [-0.25, -0.2) is 0 Å². The smallest absolute Gasteiger partial charge is 0.133 e. The topological polar surface area (TPSA) is 60.7 Å². The average Bonchev–Trinajstić information content (AvgIpc) is 2.92. The van der Waals surface area contributed by atoms with Crippen LogP contribution in [0.2, 0.25) is 0 Å². The van der Waals surface area contributed by atoms with Gasteiger partial charge < -0.3 is 15.3 Å². The zero-order chi connectivity index (χ0) is 27.8. The molecule has 0 saturated heterocycles. The molecule has 210 valence electrons. The largest absolute Gasteiger partial charge is 0.384 e. The number of allylic oxidation sites excluding steroid dienone is 3. The number of hydrogen-bond acceptors (Lipinski definition) is 3. The molecule has 0 fully saturated rings. The Balaban J connectivity index is 3.33. The third-order valence-electron chi connectivity index (χ3n) is 6.28. The maximum Gasteiger partial charge on any atom is 0.133 e. The minimum Gasteiger partial charge on any atom is -0.384 e. The minimum absolute atomic E-state index is 0.190.